The van der Waals surface area contributed by atoms with Gasteiger partial charge in [0.2, 0.25) is 0 Å². The van der Waals surface area contributed by atoms with E-state index in [2.05, 4.69) is 0 Å². The number of carbonyl (C=O) groups excluding carboxylic acids is 4. The Morgan fingerprint density at radius 3 is 1.28 bits per heavy atom. The Morgan fingerprint density at radius 1 is 0.680 bits per heavy atom. The minimum atomic E-state index is -0.806. The van der Waals surface area contributed by atoms with Crippen LogP contribution in [0, 0.1) is 23.7 Å². The molecule has 0 N–H and O–H groups in total. The maximum Gasteiger partial charge on any atom is 0.143 e. The summed E-state index contributed by atoms with van der Waals surface area (Å²) in [6.07, 6.45) is 1.21. The van der Waals surface area contributed by atoms with E-state index in [4.69, 9.17) is 9.47 Å². The summed E-state index contributed by atoms with van der Waals surface area (Å²) in [7, 11) is 0. The summed E-state index contributed by atoms with van der Waals surface area (Å²) >= 11 is 0. The summed E-state index contributed by atoms with van der Waals surface area (Å²) in [4.78, 5) is 49.4. The van der Waals surface area contributed by atoms with Gasteiger partial charge in [0.25, 0.3) is 0 Å². The average Bonchev–Trinajstić information content (AvgIpc) is 2.56. The van der Waals surface area contributed by atoms with Crippen LogP contribution in [0.1, 0.15) is 46.0 Å². The van der Waals surface area contributed by atoms with Crippen LogP contribution in [0.4, 0.5) is 0 Å². The molecule has 0 aromatic rings. The molecule has 0 spiro atoms. The van der Waals surface area contributed by atoms with Crippen molar-refractivity contribution in [1.29, 1.82) is 0 Å². The van der Waals surface area contributed by atoms with Crippen molar-refractivity contribution in [2.75, 3.05) is 26.4 Å². The minimum Gasteiger partial charge on any atom is -0.381 e. The first kappa shape index (κ1) is 19.9. The standard InChI is InChI=1S/C19H28O6/c1-3-24-10-12-5-16(20)14(17(21)6-12)9-15-18(22)7-13(8-19(15)23)11-25-4-2/h12-15H,3-11H2,1-2H3. The van der Waals surface area contributed by atoms with Gasteiger partial charge in [-0.15, -0.1) is 0 Å². The lowest BCUT2D eigenvalue weighted by Gasteiger charge is -2.31. The Balaban J connectivity index is 1.93. The quantitative estimate of drug-likeness (QED) is 0.619. The van der Waals surface area contributed by atoms with Gasteiger partial charge in [-0.05, 0) is 32.1 Å². The molecule has 6 heteroatoms. The molecule has 0 aromatic carbocycles. The number of hydrogen-bond acceptors (Lipinski definition) is 6. The van der Waals surface area contributed by atoms with Gasteiger partial charge in [0.1, 0.15) is 23.1 Å². The molecular weight excluding hydrogens is 324 g/mol. The monoisotopic (exact) mass is 352 g/mol. The smallest absolute Gasteiger partial charge is 0.143 e. The van der Waals surface area contributed by atoms with Crippen molar-refractivity contribution < 1.29 is 28.7 Å². The Hall–Kier alpha value is -1.40. The zero-order chi connectivity index (χ0) is 18.4. The van der Waals surface area contributed by atoms with Gasteiger partial charge in [-0.2, -0.15) is 0 Å². The highest BCUT2D eigenvalue weighted by molar-refractivity contribution is 6.08. The van der Waals surface area contributed by atoms with Crippen LogP contribution in [0.3, 0.4) is 0 Å². The van der Waals surface area contributed by atoms with Crippen LogP contribution in [0.2, 0.25) is 0 Å². The number of ether oxygens (including phenoxy) is 2. The molecule has 140 valence electrons. The SMILES string of the molecule is CCOCC1CC(=O)C(CC2C(=O)CC(COCC)CC2=O)C(=O)C1. The topological polar surface area (TPSA) is 86.7 Å². The van der Waals surface area contributed by atoms with Crippen LogP contribution in [0.25, 0.3) is 0 Å². The lowest BCUT2D eigenvalue weighted by Crippen LogP contribution is -2.41. The van der Waals surface area contributed by atoms with Gasteiger partial charge < -0.3 is 9.47 Å². The maximum atomic E-state index is 12.4. The number of ketones is 4. The van der Waals surface area contributed by atoms with Gasteiger partial charge in [0.05, 0.1) is 25.0 Å². The fourth-order valence-electron chi connectivity index (χ4n) is 3.78. The van der Waals surface area contributed by atoms with Gasteiger partial charge in [0, 0.05) is 38.9 Å². The predicted octanol–water partition coefficient (Wildman–Crippen LogP) is 1.78. The lowest BCUT2D eigenvalue weighted by molar-refractivity contribution is -0.142. The first-order chi connectivity index (χ1) is 12.0. The Kier molecular flexibility index (Phi) is 7.44. The van der Waals surface area contributed by atoms with Crippen molar-refractivity contribution in [3.63, 3.8) is 0 Å². The fourth-order valence-corrected chi connectivity index (χ4v) is 3.78. The molecule has 0 heterocycles. The molecule has 0 unspecified atom stereocenters. The highest BCUT2D eigenvalue weighted by Crippen LogP contribution is 2.32. The first-order valence-corrected chi connectivity index (χ1v) is 9.22. The normalized spacial score (nSPS) is 30.8. The summed E-state index contributed by atoms with van der Waals surface area (Å²) < 4.78 is 10.6. The van der Waals surface area contributed by atoms with Crippen molar-refractivity contribution in [3.8, 4) is 0 Å². The minimum absolute atomic E-state index is 0.0536. The third-order valence-electron chi connectivity index (χ3n) is 5.10. The molecule has 0 bridgehead atoms. The van der Waals surface area contributed by atoms with Gasteiger partial charge in [0.15, 0.2) is 0 Å². The van der Waals surface area contributed by atoms with E-state index in [1.54, 1.807) is 0 Å². The molecule has 2 rings (SSSR count). The Bertz CT molecular complexity index is 444. The number of Topliss-reactive ketones (excluding diaryl/α,β-unsaturated/α-hetero) is 4. The molecule has 0 amide bonds. The molecule has 2 aliphatic rings. The molecule has 0 aliphatic heterocycles. The summed E-state index contributed by atoms with van der Waals surface area (Å²) in [6, 6.07) is 0. The predicted molar refractivity (Wildman–Crippen MR) is 90.1 cm³/mol. The number of carbonyl (C=O) groups is 4. The molecule has 6 nitrogen and oxygen atoms in total. The van der Waals surface area contributed by atoms with Crippen LogP contribution in [0.15, 0.2) is 0 Å². The van der Waals surface area contributed by atoms with E-state index < -0.39 is 11.8 Å². The van der Waals surface area contributed by atoms with Gasteiger partial charge in [-0.3, -0.25) is 19.2 Å². The van der Waals surface area contributed by atoms with Crippen molar-refractivity contribution in [1.82, 2.24) is 0 Å². The summed E-state index contributed by atoms with van der Waals surface area (Å²) in [5.74, 6) is -2.39. The Morgan fingerprint density at radius 2 is 1.00 bits per heavy atom. The molecule has 0 aromatic heterocycles. The van der Waals surface area contributed by atoms with E-state index in [1.807, 2.05) is 13.8 Å². The van der Waals surface area contributed by atoms with E-state index in [-0.39, 0.29) is 41.4 Å². The van der Waals surface area contributed by atoms with Crippen molar-refractivity contribution in [2.45, 2.75) is 46.0 Å². The molecule has 0 radical (unpaired) electrons. The fraction of sp³-hybridized carbons (Fsp3) is 0.789. The zero-order valence-electron chi connectivity index (χ0n) is 15.1. The van der Waals surface area contributed by atoms with Gasteiger partial charge >= 0.3 is 0 Å². The summed E-state index contributed by atoms with van der Waals surface area (Å²) in [5.41, 5.74) is 0. The van der Waals surface area contributed by atoms with Crippen molar-refractivity contribution >= 4 is 23.1 Å². The highest BCUT2D eigenvalue weighted by atomic mass is 16.5. The second-order valence-electron chi connectivity index (χ2n) is 7.07. The van der Waals surface area contributed by atoms with E-state index in [1.165, 1.54) is 0 Å². The van der Waals surface area contributed by atoms with Crippen LogP contribution in [-0.2, 0) is 28.7 Å². The second kappa shape index (κ2) is 9.34. The van der Waals surface area contributed by atoms with E-state index >= 15 is 0 Å². The van der Waals surface area contributed by atoms with Gasteiger partial charge in [-0.1, -0.05) is 0 Å². The van der Waals surface area contributed by atoms with E-state index in [0.29, 0.717) is 52.1 Å². The first-order valence-electron chi connectivity index (χ1n) is 9.22. The molecular formula is C19H28O6. The van der Waals surface area contributed by atoms with E-state index in [9.17, 15) is 19.2 Å². The van der Waals surface area contributed by atoms with Crippen LogP contribution in [0.5, 0.6) is 0 Å². The Labute approximate surface area is 148 Å². The maximum absolute atomic E-state index is 12.4. The third kappa shape index (κ3) is 5.28. The van der Waals surface area contributed by atoms with Crippen molar-refractivity contribution in [2.24, 2.45) is 23.7 Å². The van der Waals surface area contributed by atoms with Crippen LogP contribution >= 0.6 is 0 Å². The molecule has 2 saturated carbocycles. The van der Waals surface area contributed by atoms with E-state index in [0.717, 1.165) is 0 Å². The van der Waals surface area contributed by atoms with Crippen molar-refractivity contribution in [3.05, 3.63) is 0 Å². The molecule has 2 aliphatic carbocycles. The number of rotatable bonds is 8. The zero-order valence-corrected chi connectivity index (χ0v) is 15.1. The lowest BCUT2D eigenvalue weighted by atomic mass is 9.71. The second-order valence-corrected chi connectivity index (χ2v) is 7.07. The van der Waals surface area contributed by atoms with Gasteiger partial charge in [-0.25, -0.2) is 0 Å². The van der Waals surface area contributed by atoms with Crippen LogP contribution in [-0.4, -0.2) is 49.6 Å². The average molecular weight is 352 g/mol. The largest absolute Gasteiger partial charge is 0.381 e. The van der Waals surface area contributed by atoms with Crippen LogP contribution < -0.4 is 0 Å². The number of hydrogen-bond donors (Lipinski definition) is 0. The highest BCUT2D eigenvalue weighted by Gasteiger charge is 2.42. The molecule has 0 atom stereocenters. The molecule has 25 heavy (non-hydrogen) atoms. The summed E-state index contributed by atoms with van der Waals surface area (Å²) in [6.45, 7) is 5.65. The molecule has 0 saturated heterocycles. The molecule has 2 fully saturated rings. The third-order valence-corrected chi connectivity index (χ3v) is 5.10. The summed E-state index contributed by atoms with van der Waals surface area (Å²) in [5, 5.41) is 0.